The van der Waals surface area contributed by atoms with Gasteiger partial charge in [-0.1, -0.05) is 42.0 Å². The van der Waals surface area contributed by atoms with Crippen LogP contribution < -0.4 is 0 Å². The Balaban J connectivity index is 2.69. The van der Waals surface area contributed by atoms with E-state index in [9.17, 15) is 0 Å². The third-order valence-electron chi connectivity index (χ3n) is 4.04. The molecule has 3 aromatic carbocycles. The molecule has 0 atom stereocenters. The van der Waals surface area contributed by atoms with Crippen molar-refractivity contribution in [2.24, 2.45) is 0 Å². The molecule has 0 N–H and O–H groups in total. The Morgan fingerprint density at radius 3 is 2.06 bits per heavy atom. The van der Waals surface area contributed by atoms with Crippen LogP contribution in [0.2, 0.25) is 0 Å². The molecule has 0 unspecified atom stereocenters. The molecule has 0 aromatic heterocycles. The molecule has 0 radical (unpaired) electrons. The number of fused-ring (bicyclic) bond motifs is 3. The Bertz CT molecular complexity index is 764. The van der Waals surface area contributed by atoms with Crippen molar-refractivity contribution in [2.75, 3.05) is 0 Å². The predicted octanol–water partition coefficient (Wildman–Crippen LogP) is 5.23. The number of benzene rings is 3. The van der Waals surface area contributed by atoms with Gasteiger partial charge in [0.2, 0.25) is 0 Å². The molecule has 90 valence electrons. The Labute approximate surface area is 108 Å². The molecule has 0 fully saturated rings. The van der Waals surface area contributed by atoms with Crippen LogP contribution >= 0.6 is 0 Å². The lowest BCUT2D eigenvalue weighted by molar-refractivity contribution is 1.37. The minimum Gasteiger partial charge on any atom is -0.0616 e. The molecule has 0 saturated heterocycles. The van der Waals surface area contributed by atoms with E-state index >= 15 is 0 Å². The van der Waals surface area contributed by atoms with E-state index in [-0.39, 0.29) is 0 Å². The van der Waals surface area contributed by atoms with Crippen LogP contribution in [-0.4, -0.2) is 0 Å². The standard InChI is InChI=1S/C18H18/c1-11-9-12(2)18-14(4)13(3)15-7-5-6-8-16(15)17(18)10-11/h5-10H,1-4H3. The van der Waals surface area contributed by atoms with Gasteiger partial charge in [-0.25, -0.2) is 0 Å². The van der Waals surface area contributed by atoms with Crippen molar-refractivity contribution >= 4 is 21.5 Å². The summed E-state index contributed by atoms with van der Waals surface area (Å²) in [6.45, 7) is 8.87. The molecule has 3 rings (SSSR count). The largest absolute Gasteiger partial charge is 0.0616 e. The van der Waals surface area contributed by atoms with Crippen molar-refractivity contribution in [3.63, 3.8) is 0 Å². The molecule has 0 bridgehead atoms. The van der Waals surface area contributed by atoms with Crippen molar-refractivity contribution in [1.82, 2.24) is 0 Å². The van der Waals surface area contributed by atoms with E-state index in [1.807, 2.05) is 0 Å². The van der Waals surface area contributed by atoms with Crippen LogP contribution in [0.15, 0.2) is 36.4 Å². The number of hydrogen-bond donors (Lipinski definition) is 0. The smallest absolute Gasteiger partial charge is 0.00972 e. The van der Waals surface area contributed by atoms with E-state index in [1.165, 1.54) is 43.8 Å². The first-order valence-electron chi connectivity index (χ1n) is 6.48. The van der Waals surface area contributed by atoms with Crippen LogP contribution in [0.1, 0.15) is 22.3 Å². The molecule has 0 amide bonds. The lowest BCUT2D eigenvalue weighted by atomic mass is 9.90. The van der Waals surface area contributed by atoms with Crippen molar-refractivity contribution in [1.29, 1.82) is 0 Å². The van der Waals surface area contributed by atoms with Crippen LogP contribution in [0.5, 0.6) is 0 Å². The second kappa shape index (κ2) is 3.84. The molecule has 0 aliphatic rings. The zero-order valence-electron chi connectivity index (χ0n) is 11.5. The number of rotatable bonds is 0. The van der Waals surface area contributed by atoms with E-state index in [1.54, 1.807) is 0 Å². The Hall–Kier alpha value is -1.82. The summed E-state index contributed by atoms with van der Waals surface area (Å²) < 4.78 is 0. The molecule has 0 spiro atoms. The molecule has 0 heterocycles. The molecule has 0 aliphatic heterocycles. The van der Waals surface area contributed by atoms with Gasteiger partial charge in [0.1, 0.15) is 0 Å². The van der Waals surface area contributed by atoms with Crippen molar-refractivity contribution < 1.29 is 0 Å². The first-order chi connectivity index (χ1) is 8.59. The minimum absolute atomic E-state index is 1.34. The summed E-state index contributed by atoms with van der Waals surface area (Å²) in [5.41, 5.74) is 5.55. The van der Waals surface area contributed by atoms with Crippen molar-refractivity contribution in [2.45, 2.75) is 27.7 Å². The van der Waals surface area contributed by atoms with E-state index in [4.69, 9.17) is 0 Å². The molecule has 0 heteroatoms. The van der Waals surface area contributed by atoms with E-state index in [2.05, 4.69) is 64.1 Å². The van der Waals surface area contributed by atoms with Crippen molar-refractivity contribution in [3.05, 3.63) is 58.7 Å². The normalized spacial score (nSPS) is 11.3. The summed E-state index contributed by atoms with van der Waals surface area (Å²) in [5.74, 6) is 0. The zero-order chi connectivity index (χ0) is 12.9. The highest BCUT2D eigenvalue weighted by Crippen LogP contribution is 2.34. The van der Waals surface area contributed by atoms with Gasteiger partial charge in [-0.15, -0.1) is 0 Å². The molecule has 3 aromatic rings. The minimum atomic E-state index is 1.34. The summed E-state index contributed by atoms with van der Waals surface area (Å²) in [6, 6.07) is 13.3. The molecule has 0 saturated carbocycles. The van der Waals surface area contributed by atoms with Crippen LogP contribution in [0.4, 0.5) is 0 Å². The quantitative estimate of drug-likeness (QED) is 0.467. The topological polar surface area (TPSA) is 0 Å². The maximum atomic E-state index is 2.32. The second-order valence-electron chi connectivity index (χ2n) is 5.30. The Morgan fingerprint density at radius 2 is 1.33 bits per heavy atom. The lowest BCUT2D eigenvalue weighted by Gasteiger charge is -2.14. The molecule has 0 aliphatic carbocycles. The summed E-state index contributed by atoms with van der Waals surface area (Å²) in [5, 5.41) is 5.58. The maximum absolute atomic E-state index is 2.32. The average Bonchev–Trinajstić information content (AvgIpc) is 2.35. The van der Waals surface area contributed by atoms with Gasteiger partial charge in [0, 0.05) is 0 Å². The molecule has 0 nitrogen and oxygen atoms in total. The van der Waals surface area contributed by atoms with E-state index < -0.39 is 0 Å². The maximum Gasteiger partial charge on any atom is -0.00972 e. The van der Waals surface area contributed by atoms with Gasteiger partial charge < -0.3 is 0 Å². The van der Waals surface area contributed by atoms with E-state index in [0.29, 0.717) is 0 Å². The van der Waals surface area contributed by atoms with Gasteiger partial charge in [0.25, 0.3) is 0 Å². The highest BCUT2D eigenvalue weighted by atomic mass is 14.1. The first-order valence-corrected chi connectivity index (χ1v) is 6.48. The Kier molecular flexibility index (Phi) is 2.41. The predicted molar refractivity (Wildman–Crippen MR) is 80.4 cm³/mol. The average molecular weight is 234 g/mol. The third-order valence-corrected chi connectivity index (χ3v) is 4.04. The van der Waals surface area contributed by atoms with Gasteiger partial charge in [-0.2, -0.15) is 0 Å². The number of aryl methyl sites for hydroxylation is 4. The highest BCUT2D eigenvalue weighted by molar-refractivity contribution is 6.11. The van der Waals surface area contributed by atoms with Gasteiger partial charge >= 0.3 is 0 Å². The van der Waals surface area contributed by atoms with Gasteiger partial charge in [-0.05, 0) is 65.9 Å². The van der Waals surface area contributed by atoms with Crippen LogP contribution in [-0.2, 0) is 0 Å². The Morgan fingerprint density at radius 1 is 0.667 bits per heavy atom. The lowest BCUT2D eigenvalue weighted by Crippen LogP contribution is -1.91. The summed E-state index contributed by atoms with van der Waals surface area (Å²) in [6.07, 6.45) is 0. The highest BCUT2D eigenvalue weighted by Gasteiger charge is 2.10. The molecule has 18 heavy (non-hydrogen) atoms. The van der Waals surface area contributed by atoms with Gasteiger partial charge in [0.15, 0.2) is 0 Å². The van der Waals surface area contributed by atoms with Gasteiger partial charge in [-0.3, -0.25) is 0 Å². The zero-order valence-corrected chi connectivity index (χ0v) is 11.5. The summed E-state index contributed by atoms with van der Waals surface area (Å²) in [7, 11) is 0. The molecular weight excluding hydrogens is 216 g/mol. The molecular formula is C18H18. The van der Waals surface area contributed by atoms with Crippen LogP contribution in [0.3, 0.4) is 0 Å². The monoisotopic (exact) mass is 234 g/mol. The second-order valence-corrected chi connectivity index (χ2v) is 5.30. The van der Waals surface area contributed by atoms with Crippen molar-refractivity contribution in [3.8, 4) is 0 Å². The SMILES string of the molecule is Cc1cc(C)c2c(C)c(C)c3ccccc3c2c1. The number of hydrogen-bond acceptors (Lipinski definition) is 0. The van der Waals surface area contributed by atoms with Crippen LogP contribution in [0.25, 0.3) is 21.5 Å². The third kappa shape index (κ3) is 1.45. The van der Waals surface area contributed by atoms with Gasteiger partial charge in [0.05, 0.1) is 0 Å². The summed E-state index contributed by atoms with van der Waals surface area (Å²) in [4.78, 5) is 0. The van der Waals surface area contributed by atoms with E-state index in [0.717, 1.165) is 0 Å². The summed E-state index contributed by atoms with van der Waals surface area (Å²) >= 11 is 0. The van der Waals surface area contributed by atoms with Crippen LogP contribution in [0, 0.1) is 27.7 Å². The fraction of sp³-hybridized carbons (Fsp3) is 0.222. The fourth-order valence-corrected chi connectivity index (χ4v) is 3.11. The fourth-order valence-electron chi connectivity index (χ4n) is 3.11. The first kappa shape index (κ1) is 11.3.